The van der Waals surface area contributed by atoms with Crippen molar-refractivity contribution >= 4 is 50.1 Å². The molecule has 8 heteroatoms. The van der Waals surface area contributed by atoms with Gasteiger partial charge >= 0.3 is 0 Å². The zero-order valence-corrected chi connectivity index (χ0v) is 16.6. The van der Waals surface area contributed by atoms with Crippen molar-refractivity contribution in [3.05, 3.63) is 74.8 Å². The second-order valence-corrected chi connectivity index (χ2v) is 8.61. The number of nitrogens with one attached hydrogen (secondary N) is 1. The molecule has 132 valence electrons. The number of fused-ring (bicyclic) bond motifs is 1. The van der Waals surface area contributed by atoms with Gasteiger partial charge < -0.3 is 5.32 Å². The van der Waals surface area contributed by atoms with E-state index in [-0.39, 0.29) is 5.91 Å². The molecular formula is C18H13BrClN3O2S. The van der Waals surface area contributed by atoms with Gasteiger partial charge in [0.1, 0.15) is 5.82 Å². The first-order valence-electron chi connectivity index (χ1n) is 7.80. The van der Waals surface area contributed by atoms with Gasteiger partial charge in [0, 0.05) is 20.8 Å². The Bertz CT molecular complexity index is 1040. The molecular weight excluding hydrogens is 438 g/mol. The summed E-state index contributed by atoms with van der Waals surface area (Å²) in [5, 5.41) is 7.84. The SMILES string of the molecule is O=C(Nc1c2c(nn1-c1ccccc1)CS(=O)C2)c1cc(Br)ccc1Cl. The lowest BCUT2D eigenvalue weighted by Crippen LogP contribution is -2.17. The van der Waals surface area contributed by atoms with E-state index in [2.05, 4.69) is 26.3 Å². The second-order valence-electron chi connectivity index (χ2n) is 5.83. The summed E-state index contributed by atoms with van der Waals surface area (Å²) >= 11 is 9.53. The number of nitrogens with zero attached hydrogens (tertiary/aromatic N) is 2. The number of hydrogen-bond donors (Lipinski definition) is 1. The highest BCUT2D eigenvalue weighted by atomic mass is 79.9. The fourth-order valence-corrected chi connectivity index (χ4v) is 4.69. The maximum absolute atomic E-state index is 12.8. The van der Waals surface area contributed by atoms with E-state index in [0.29, 0.717) is 27.9 Å². The molecule has 1 N–H and O–H groups in total. The van der Waals surface area contributed by atoms with Crippen molar-refractivity contribution in [3.63, 3.8) is 0 Å². The van der Waals surface area contributed by atoms with Crippen LogP contribution < -0.4 is 5.32 Å². The number of amides is 1. The number of para-hydroxylation sites is 1. The molecule has 1 unspecified atom stereocenters. The highest BCUT2D eigenvalue weighted by molar-refractivity contribution is 9.10. The van der Waals surface area contributed by atoms with Crippen molar-refractivity contribution in [3.8, 4) is 5.69 Å². The Balaban J connectivity index is 1.77. The fraction of sp³-hybridized carbons (Fsp3) is 0.111. The largest absolute Gasteiger partial charge is 0.306 e. The number of anilines is 1. The first-order valence-corrected chi connectivity index (χ1v) is 10.5. The van der Waals surface area contributed by atoms with Crippen molar-refractivity contribution in [2.45, 2.75) is 11.5 Å². The molecule has 2 aromatic carbocycles. The van der Waals surface area contributed by atoms with E-state index in [1.807, 2.05) is 30.3 Å². The van der Waals surface area contributed by atoms with Crippen LogP contribution in [0.4, 0.5) is 5.82 Å². The third kappa shape index (κ3) is 3.22. The van der Waals surface area contributed by atoms with Crippen molar-refractivity contribution in [2.75, 3.05) is 5.32 Å². The highest BCUT2D eigenvalue weighted by Crippen LogP contribution is 2.32. The summed E-state index contributed by atoms with van der Waals surface area (Å²) in [5.41, 5.74) is 2.74. The molecule has 1 atom stereocenters. The molecule has 1 aliphatic heterocycles. The first kappa shape index (κ1) is 17.5. The minimum atomic E-state index is -0.991. The molecule has 0 spiro atoms. The Kier molecular flexibility index (Phi) is 4.69. The maximum Gasteiger partial charge on any atom is 0.258 e. The van der Waals surface area contributed by atoms with Crippen LogP contribution in [-0.2, 0) is 22.3 Å². The number of aromatic nitrogens is 2. The molecule has 5 nitrogen and oxygen atoms in total. The third-order valence-electron chi connectivity index (χ3n) is 4.08. The van der Waals surface area contributed by atoms with Crippen LogP contribution in [0, 0.1) is 0 Å². The Morgan fingerprint density at radius 1 is 1.19 bits per heavy atom. The number of carbonyl (C=O) groups is 1. The van der Waals surface area contributed by atoms with Crippen LogP contribution in [0.5, 0.6) is 0 Å². The van der Waals surface area contributed by atoms with Gasteiger partial charge in [-0.05, 0) is 30.3 Å². The van der Waals surface area contributed by atoms with E-state index in [0.717, 1.165) is 21.4 Å². The first-order chi connectivity index (χ1) is 12.5. The van der Waals surface area contributed by atoms with Crippen molar-refractivity contribution in [2.24, 2.45) is 0 Å². The quantitative estimate of drug-likeness (QED) is 0.647. The minimum Gasteiger partial charge on any atom is -0.306 e. The molecule has 1 aromatic heterocycles. The normalized spacial score (nSPS) is 15.7. The summed E-state index contributed by atoms with van der Waals surface area (Å²) < 4.78 is 14.4. The summed E-state index contributed by atoms with van der Waals surface area (Å²) in [7, 11) is -0.991. The van der Waals surface area contributed by atoms with Gasteiger partial charge in [-0.3, -0.25) is 9.00 Å². The predicted molar refractivity (Wildman–Crippen MR) is 106 cm³/mol. The van der Waals surface area contributed by atoms with Crippen LogP contribution >= 0.6 is 27.5 Å². The second kappa shape index (κ2) is 6.98. The summed E-state index contributed by atoms with van der Waals surface area (Å²) in [6.45, 7) is 0. The van der Waals surface area contributed by atoms with Crippen LogP contribution in [0.2, 0.25) is 5.02 Å². The fourth-order valence-electron chi connectivity index (χ4n) is 2.86. The smallest absolute Gasteiger partial charge is 0.258 e. The Morgan fingerprint density at radius 3 is 2.73 bits per heavy atom. The van der Waals surface area contributed by atoms with Crippen LogP contribution in [-0.4, -0.2) is 19.9 Å². The Morgan fingerprint density at radius 2 is 1.96 bits per heavy atom. The zero-order chi connectivity index (χ0) is 18.3. The molecule has 0 saturated heterocycles. The molecule has 26 heavy (non-hydrogen) atoms. The topological polar surface area (TPSA) is 64.0 Å². The van der Waals surface area contributed by atoms with Crippen LogP contribution in [0.15, 0.2) is 53.0 Å². The van der Waals surface area contributed by atoms with E-state index in [4.69, 9.17) is 11.6 Å². The lowest BCUT2D eigenvalue weighted by atomic mass is 10.2. The van der Waals surface area contributed by atoms with Gasteiger partial charge in [-0.15, -0.1) is 0 Å². The number of halogens is 2. The highest BCUT2D eigenvalue weighted by Gasteiger charge is 2.28. The van der Waals surface area contributed by atoms with Gasteiger partial charge in [-0.25, -0.2) is 4.68 Å². The molecule has 4 rings (SSSR count). The average Bonchev–Trinajstić information content (AvgIpc) is 3.15. The zero-order valence-electron chi connectivity index (χ0n) is 13.4. The summed E-state index contributed by atoms with van der Waals surface area (Å²) in [4.78, 5) is 12.8. The molecule has 0 fully saturated rings. The lowest BCUT2D eigenvalue weighted by molar-refractivity contribution is 0.102. The molecule has 0 saturated carbocycles. The molecule has 0 bridgehead atoms. The Hall–Kier alpha value is -1.96. The number of hydrogen-bond acceptors (Lipinski definition) is 3. The third-order valence-corrected chi connectivity index (χ3v) is 6.10. The van der Waals surface area contributed by atoms with Gasteiger partial charge in [0.25, 0.3) is 5.91 Å². The van der Waals surface area contributed by atoms with Gasteiger partial charge in [0.05, 0.1) is 33.5 Å². The minimum absolute atomic E-state index is 0.339. The van der Waals surface area contributed by atoms with Gasteiger partial charge in [0.2, 0.25) is 0 Å². The Labute approximate surface area is 165 Å². The van der Waals surface area contributed by atoms with E-state index in [9.17, 15) is 9.00 Å². The lowest BCUT2D eigenvalue weighted by Gasteiger charge is -2.12. The summed E-state index contributed by atoms with van der Waals surface area (Å²) in [6.07, 6.45) is 0. The molecule has 0 radical (unpaired) electrons. The summed E-state index contributed by atoms with van der Waals surface area (Å²) in [6, 6.07) is 14.6. The van der Waals surface area contributed by atoms with Gasteiger partial charge in [-0.1, -0.05) is 45.7 Å². The van der Waals surface area contributed by atoms with Crippen LogP contribution in [0.1, 0.15) is 21.6 Å². The van der Waals surface area contributed by atoms with Crippen molar-refractivity contribution in [1.29, 1.82) is 0 Å². The van der Waals surface area contributed by atoms with Crippen LogP contribution in [0.3, 0.4) is 0 Å². The van der Waals surface area contributed by atoms with Gasteiger partial charge in [-0.2, -0.15) is 5.10 Å². The summed E-state index contributed by atoms with van der Waals surface area (Å²) in [5.74, 6) is 0.978. The van der Waals surface area contributed by atoms with Crippen LogP contribution in [0.25, 0.3) is 5.69 Å². The van der Waals surface area contributed by atoms with E-state index >= 15 is 0 Å². The molecule has 2 heterocycles. The van der Waals surface area contributed by atoms with E-state index in [1.165, 1.54) is 0 Å². The van der Waals surface area contributed by atoms with E-state index in [1.54, 1.807) is 22.9 Å². The molecule has 3 aromatic rings. The number of benzene rings is 2. The predicted octanol–water partition coefficient (Wildman–Crippen LogP) is 4.30. The molecule has 0 aliphatic carbocycles. The van der Waals surface area contributed by atoms with Gasteiger partial charge in [0.15, 0.2) is 0 Å². The monoisotopic (exact) mass is 449 g/mol. The average molecular weight is 451 g/mol. The molecule has 1 amide bonds. The standard InChI is InChI=1S/C18H13BrClN3O2S/c19-11-6-7-15(20)13(8-11)18(24)21-17-14-9-26(25)10-16(14)22-23(17)12-4-2-1-3-5-12/h1-8H,9-10H2,(H,21,24). The van der Waals surface area contributed by atoms with E-state index < -0.39 is 10.8 Å². The number of rotatable bonds is 3. The number of carbonyl (C=O) groups excluding carboxylic acids is 1. The van der Waals surface area contributed by atoms with Crippen molar-refractivity contribution < 1.29 is 9.00 Å². The van der Waals surface area contributed by atoms with Crippen molar-refractivity contribution in [1.82, 2.24) is 9.78 Å². The molecule has 1 aliphatic rings. The maximum atomic E-state index is 12.8.